The van der Waals surface area contributed by atoms with Crippen LogP contribution < -0.4 is 10.0 Å². The van der Waals surface area contributed by atoms with Crippen LogP contribution in [0.4, 0.5) is 5.69 Å². The minimum absolute atomic E-state index is 0.0373. The lowest BCUT2D eigenvalue weighted by Gasteiger charge is -2.30. The second-order valence-corrected chi connectivity index (χ2v) is 13.1. The number of nitrogens with zero attached hydrogens (tertiary/aromatic N) is 3. The molecule has 0 saturated heterocycles. The lowest BCUT2D eigenvalue weighted by molar-refractivity contribution is -0.116. The molecule has 2 amide bonds. The second kappa shape index (κ2) is 14.3. The number of aryl methyl sites for hydroxylation is 2. The molecule has 2 N–H and O–H groups in total. The van der Waals surface area contributed by atoms with Crippen molar-refractivity contribution in [2.75, 3.05) is 23.7 Å². The monoisotopic (exact) mass is 630 g/mol. The Kier molecular flexibility index (Phi) is 10.6. The number of likely N-dealkylation sites (N-methyl/N-ethyl adjacent to an activating group) is 1. The van der Waals surface area contributed by atoms with Crippen LogP contribution in [0.2, 0.25) is 0 Å². The Bertz CT molecular complexity index is 1750. The van der Waals surface area contributed by atoms with Gasteiger partial charge < -0.3 is 15.2 Å². The number of amides is 2. The van der Waals surface area contributed by atoms with Gasteiger partial charge in [-0.05, 0) is 50.1 Å². The van der Waals surface area contributed by atoms with Gasteiger partial charge in [0.25, 0.3) is 5.91 Å². The SMILES string of the molecule is CCCCS(=O)(=O)N(CC(N)=O)c1ccccc1C(=O)[C@H](Cc1ccc(-c2ccno2)cc1)N(C)C(=O)c1cc(C)cc(C)c1. The first kappa shape index (κ1) is 33.1. The summed E-state index contributed by atoms with van der Waals surface area (Å²) in [5, 5.41) is 3.74. The van der Waals surface area contributed by atoms with Crippen molar-refractivity contribution in [2.45, 2.75) is 46.1 Å². The standard InChI is InChI=1S/C34H38N4O6S/c1-5-6-17-45(42,43)38(22-32(35)39)29-10-8-7-9-28(29)33(40)30(37(4)34(41)27-19-23(2)18-24(3)20-27)21-25-11-13-26(14-12-25)31-15-16-36-44-31/h7-16,18-20,30H,5-6,17,21-22H2,1-4H3,(H2,35,39)/t30-/m0/s1. The number of benzene rings is 3. The van der Waals surface area contributed by atoms with E-state index >= 15 is 0 Å². The van der Waals surface area contributed by atoms with Crippen molar-refractivity contribution in [2.24, 2.45) is 5.73 Å². The fourth-order valence-corrected chi connectivity index (χ4v) is 6.89. The molecule has 0 bridgehead atoms. The highest BCUT2D eigenvalue weighted by atomic mass is 32.2. The van der Waals surface area contributed by atoms with Crippen molar-refractivity contribution in [3.63, 3.8) is 0 Å². The van der Waals surface area contributed by atoms with E-state index in [0.717, 1.165) is 26.6 Å². The molecule has 45 heavy (non-hydrogen) atoms. The van der Waals surface area contributed by atoms with Crippen molar-refractivity contribution in [1.82, 2.24) is 10.1 Å². The minimum atomic E-state index is -4.00. The number of hydrogen-bond donors (Lipinski definition) is 1. The Balaban J connectivity index is 1.78. The topological polar surface area (TPSA) is 144 Å². The molecule has 0 aliphatic rings. The van der Waals surface area contributed by atoms with Crippen molar-refractivity contribution in [3.8, 4) is 11.3 Å². The summed E-state index contributed by atoms with van der Waals surface area (Å²) >= 11 is 0. The van der Waals surface area contributed by atoms with Gasteiger partial charge in [0.1, 0.15) is 6.54 Å². The second-order valence-electron chi connectivity index (χ2n) is 11.1. The first-order valence-electron chi connectivity index (χ1n) is 14.7. The van der Waals surface area contributed by atoms with Crippen molar-refractivity contribution >= 4 is 33.3 Å². The zero-order valence-electron chi connectivity index (χ0n) is 25.9. The third kappa shape index (κ3) is 8.04. The van der Waals surface area contributed by atoms with Crippen LogP contribution in [0, 0.1) is 13.8 Å². The molecule has 10 nitrogen and oxygen atoms in total. The molecule has 236 valence electrons. The van der Waals surface area contributed by atoms with Gasteiger partial charge in [0.2, 0.25) is 15.9 Å². The highest BCUT2D eigenvalue weighted by molar-refractivity contribution is 7.92. The summed E-state index contributed by atoms with van der Waals surface area (Å²) < 4.78 is 33.0. The fourth-order valence-electron chi connectivity index (χ4n) is 5.23. The van der Waals surface area contributed by atoms with E-state index in [1.165, 1.54) is 17.0 Å². The highest BCUT2D eigenvalue weighted by Crippen LogP contribution is 2.28. The lowest BCUT2D eigenvalue weighted by atomic mass is 9.94. The predicted molar refractivity (Wildman–Crippen MR) is 173 cm³/mol. The van der Waals surface area contributed by atoms with Crippen LogP contribution in [-0.4, -0.2) is 61.5 Å². The zero-order chi connectivity index (χ0) is 32.7. The zero-order valence-corrected chi connectivity index (χ0v) is 26.7. The summed E-state index contributed by atoms with van der Waals surface area (Å²) in [7, 11) is -2.44. The lowest BCUT2D eigenvalue weighted by Crippen LogP contribution is -2.45. The molecule has 3 aromatic carbocycles. The summed E-state index contributed by atoms with van der Waals surface area (Å²) in [4.78, 5) is 41.8. The molecule has 1 aromatic heterocycles. The van der Waals surface area contributed by atoms with Crippen LogP contribution >= 0.6 is 0 Å². The number of para-hydroxylation sites is 1. The van der Waals surface area contributed by atoms with Gasteiger partial charge in [0.15, 0.2) is 11.5 Å². The van der Waals surface area contributed by atoms with Crippen LogP contribution in [0.3, 0.4) is 0 Å². The molecule has 4 aromatic rings. The van der Waals surface area contributed by atoms with Crippen LogP contribution in [-0.2, 0) is 21.2 Å². The van der Waals surface area contributed by atoms with E-state index < -0.39 is 34.3 Å². The molecular formula is C34H38N4O6S. The summed E-state index contributed by atoms with van der Waals surface area (Å²) in [5.74, 6) is -1.33. The van der Waals surface area contributed by atoms with Gasteiger partial charge in [-0.15, -0.1) is 0 Å². The highest BCUT2D eigenvalue weighted by Gasteiger charge is 2.33. The molecule has 1 heterocycles. The Morgan fingerprint density at radius 3 is 2.22 bits per heavy atom. The maximum atomic E-state index is 14.5. The van der Waals surface area contributed by atoms with Crippen LogP contribution in [0.25, 0.3) is 11.3 Å². The van der Waals surface area contributed by atoms with Crippen LogP contribution in [0.15, 0.2) is 83.5 Å². The fraction of sp³-hybridized carbons (Fsp3) is 0.294. The number of carbonyl (C=O) groups is 3. The van der Waals surface area contributed by atoms with Gasteiger partial charge in [-0.25, -0.2) is 8.42 Å². The van der Waals surface area contributed by atoms with Gasteiger partial charge in [-0.2, -0.15) is 0 Å². The first-order valence-corrected chi connectivity index (χ1v) is 16.3. The third-order valence-electron chi connectivity index (χ3n) is 7.49. The summed E-state index contributed by atoms with van der Waals surface area (Å²) in [6, 6.07) is 19.8. The summed E-state index contributed by atoms with van der Waals surface area (Å²) in [6.07, 6.45) is 2.67. The van der Waals surface area contributed by atoms with E-state index in [4.69, 9.17) is 10.3 Å². The maximum absolute atomic E-state index is 14.5. The molecule has 0 spiro atoms. The molecule has 1 atom stereocenters. The predicted octanol–water partition coefficient (Wildman–Crippen LogP) is 4.95. The van der Waals surface area contributed by atoms with Gasteiger partial charge in [0.05, 0.1) is 23.7 Å². The number of nitrogens with two attached hydrogens (primary N) is 1. The van der Waals surface area contributed by atoms with Crippen LogP contribution in [0.5, 0.6) is 0 Å². The number of anilines is 1. The number of hydrogen-bond acceptors (Lipinski definition) is 7. The molecule has 0 radical (unpaired) electrons. The van der Waals surface area contributed by atoms with Gasteiger partial charge >= 0.3 is 0 Å². The van der Waals surface area contributed by atoms with Crippen molar-refractivity contribution in [1.29, 1.82) is 0 Å². The third-order valence-corrected chi connectivity index (χ3v) is 9.30. The average Bonchev–Trinajstić information content (AvgIpc) is 3.55. The Morgan fingerprint density at radius 2 is 1.62 bits per heavy atom. The first-order chi connectivity index (χ1) is 21.4. The number of sulfonamides is 1. The van der Waals surface area contributed by atoms with E-state index in [0.29, 0.717) is 24.2 Å². The molecule has 4 rings (SSSR count). The number of rotatable bonds is 14. The van der Waals surface area contributed by atoms with Crippen molar-refractivity contribution in [3.05, 3.63) is 107 Å². The number of ketones is 1. The van der Waals surface area contributed by atoms with Gasteiger partial charge in [-0.1, -0.05) is 72.1 Å². The number of carbonyl (C=O) groups excluding carboxylic acids is 3. The number of aromatic nitrogens is 1. The normalized spacial score (nSPS) is 12.0. The number of primary amides is 1. The van der Waals surface area contributed by atoms with E-state index in [1.54, 1.807) is 43.6 Å². The molecular weight excluding hydrogens is 592 g/mol. The molecule has 0 aliphatic heterocycles. The average molecular weight is 631 g/mol. The largest absolute Gasteiger partial charge is 0.368 e. The van der Waals surface area contributed by atoms with E-state index in [2.05, 4.69) is 5.16 Å². The van der Waals surface area contributed by atoms with Gasteiger partial charge in [-0.3, -0.25) is 18.7 Å². The maximum Gasteiger partial charge on any atom is 0.254 e. The van der Waals surface area contributed by atoms with Crippen LogP contribution in [0.1, 0.15) is 57.2 Å². The Hall–Kier alpha value is -4.77. The van der Waals surface area contributed by atoms with Gasteiger partial charge in [0, 0.05) is 36.2 Å². The molecule has 11 heteroatoms. The summed E-state index contributed by atoms with van der Waals surface area (Å²) in [6.45, 7) is 5.02. The van der Waals surface area contributed by atoms with E-state index in [1.807, 2.05) is 51.1 Å². The van der Waals surface area contributed by atoms with Crippen molar-refractivity contribution < 1.29 is 27.3 Å². The minimum Gasteiger partial charge on any atom is -0.368 e. The molecule has 0 fully saturated rings. The Morgan fingerprint density at radius 1 is 0.956 bits per heavy atom. The number of Topliss-reactive ketones (excluding diaryl/α,β-unsaturated/α-hetero) is 1. The molecule has 0 unspecified atom stereocenters. The number of unbranched alkanes of at least 4 members (excludes halogenated alkanes) is 1. The smallest absolute Gasteiger partial charge is 0.254 e. The van der Waals surface area contributed by atoms with E-state index in [-0.39, 0.29) is 29.3 Å². The quantitative estimate of drug-likeness (QED) is 0.194. The summed E-state index contributed by atoms with van der Waals surface area (Å²) in [5.41, 5.74) is 9.37. The molecule has 0 aliphatic carbocycles. The van der Waals surface area contributed by atoms with E-state index in [9.17, 15) is 22.8 Å². The molecule has 0 saturated carbocycles. The Labute approximate surface area is 263 Å².